The molecule has 1 aliphatic rings. The summed E-state index contributed by atoms with van der Waals surface area (Å²) < 4.78 is 5.12. The second-order valence-electron chi connectivity index (χ2n) is 5.04. The Labute approximate surface area is 113 Å². The number of carbonyl (C=O) groups is 1. The van der Waals surface area contributed by atoms with E-state index < -0.39 is 5.54 Å². The Balaban J connectivity index is 2.22. The van der Waals surface area contributed by atoms with Crippen LogP contribution in [0.25, 0.3) is 0 Å². The first-order valence-electron chi connectivity index (χ1n) is 6.51. The van der Waals surface area contributed by atoms with Gasteiger partial charge in [0.15, 0.2) is 0 Å². The first-order valence-corrected chi connectivity index (χ1v) is 6.51. The maximum atomic E-state index is 11.9. The van der Waals surface area contributed by atoms with Crippen LogP contribution < -0.4 is 21.1 Å². The third kappa shape index (κ3) is 2.66. The average Bonchev–Trinajstić information content (AvgIpc) is 2.42. The molecule has 104 valence electrons. The first-order chi connectivity index (χ1) is 9.08. The molecule has 1 amide bonds. The Morgan fingerprint density at radius 3 is 2.68 bits per heavy atom. The minimum absolute atomic E-state index is 0.140. The van der Waals surface area contributed by atoms with Crippen LogP contribution in [0.2, 0.25) is 0 Å². The quantitative estimate of drug-likeness (QED) is 0.756. The average molecular weight is 263 g/mol. The van der Waals surface area contributed by atoms with Gasteiger partial charge in [0.25, 0.3) is 0 Å². The van der Waals surface area contributed by atoms with Gasteiger partial charge in [-0.05, 0) is 37.2 Å². The van der Waals surface area contributed by atoms with Gasteiger partial charge in [0.2, 0.25) is 5.91 Å². The van der Waals surface area contributed by atoms with Crippen molar-refractivity contribution < 1.29 is 9.53 Å². The molecule has 4 N–H and O–H groups in total. The fraction of sp³-hybridized carbons (Fsp3) is 0.500. The van der Waals surface area contributed by atoms with E-state index in [0.717, 1.165) is 24.5 Å². The van der Waals surface area contributed by atoms with E-state index in [2.05, 4.69) is 10.6 Å². The van der Waals surface area contributed by atoms with E-state index in [0.29, 0.717) is 6.42 Å². The second-order valence-corrected chi connectivity index (χ2v) is 5.04. The number of benzene rings is 1. The first kappa shape index (κ1) is 13.7. The molecule has 2 unspecified atom stereocenters. The summed E-state index contributed by atoms with van der Waals surface area (Å²) in [4.78, 5) is 11.9. The number of primary amides is 1. The van der Waals surface area contributed by atoms with Crippen LogP contribution in [0.15, 0.2) is 24.3 Å². The minimum atomic E-state index is -0.681. The van der Waals surface area contributed by atoms with Crippen LogP contribution in [0, 0.1) is 5.92 Å². The van der Waals surface area contributed by atoms with E-state index in [1.54, 1.807) is 7.11 Å². The number of ether oxygens (including phenoxy) is 1. The van der Waals surface area contributed by atoms with Gasteiger partial charge in [-0.1, -0.05) is 6.92 Å². The van der Waals surface area contributed by atoms with Crippen molar-refractivity contribution in [1.29, 1.82) is 0 Å². The summed E-state index contributed by atoms with van der Waals surface area (Å²) >= 11 is 0. The largest absolute Gasteiger partial charge is 0.497 e. The highest BCUT2D eigenvalue weighted by molar-refractivity contribution is 5.88. The molecule has 0 aromatic heterocycles. The smallest absolute Gasteiger partial charge is 0.243 e. The Morgan fingerprint density at radius 2 is 2.16 bits per heavy atom. The maximum Gasteiger partial charge on any atom is 0.243 e. The lowest BCUT2D eigenvalue weighted by Gasteiger charge is -2.41. The zero-order valence-corrected chi connectivity index (χ0v) is 11.4. The number of hydrogen-bond acceptors (Lipinski definition) is 4. The highest BCUT2D eigenvalue weighted by Crippen LogP contribution is 2.29. The lowest BCUT2D eigenvalue weighted by molar-refractivity contribution is -0.124. The van der Waals surface area contributed by atoms with Gasteiger partial charge in [0.05, 0.1) is 7.11 Å². The number of anilines is 1. The minimum Gasteiger partial charge on any atom is -0.497 e. The lowest BCUT2D eigenvalue weighted by atomic mass is 9.78. The van der Waals surface area contributed by atoms with Gasteiger partial charge in [-0.2, -0.15) is 0 Å². The molecule has 0 spiro atoms. The highest BCUT2D eigenvalue weighted by Gasteiger charge is 2.43. The SMILES string of the molecule is COc1ccc(NC2(C(N)=O)CCNCC2C)cc1. The monoisotopic (exact) mass is 263 g/mol. The predicted octanol–water partition coefficient (Wildman–Crippen LogP) is 0.961. The fourth-order valence-electron chi connectivity index (χ4n) is 2.57. The zero-order valence-electron chi connectivity index (χ0n) is 11.4. The standard InChI is InChI=1S/C14H21N3O2/c1-10-9-16-8-7-14(10,13(15)18)17-11-3-5-12(19-2)6-4-11/h3-6,10,16-17H,7-9H2,1-2H3,(H2,15,18). The number of rotatable bonds is 4. The van der Waals surface area contributed by atoms with Crippen molar-refractivity contribution >= 4 is 11.6 Å². The molecule has 0 bridgehead atoms. The summed E-state index contributed by atoms with van der Waals surface area (Å²) in [7, 11) is 1.63. The zero-order chi connectivity index (χ0) is 13.9. The summed E-state index contributed by atoms with van der Waals surface area (Å²) in [6.07, 6.45) is 0.690. The van der Waals surface area contributed by atoms with Crippen LogP contribution in [0.3, 0.4) is 0 Å². The predicted molar refractivity (Wildman–Crippen MR) is 75.2 cm³/mol. The maximum absolute atomic E-state index is 11.9. The second kappa shape index (κ2) is 5.48. The fourth-order valence-corrected chi connectivity index (χ4v) is 2.57. The molecule has 1 heterocycles. The number of hydrogen-bond donors (Lipinski definition) is 3. The van der Waals surface area contributed by atoms with Crippen molar-refractivity contribution in [3.63, 3.8) is 0 Å². The Morgan fingerprint density at radius 1 is 1.47 bits per heavy atom. The molecule has 5 heteroatoms. The molecule has 0 saturated carbocycles. The van der Waals surface area contributed by atoms with Crippen molar-refractivity contribution in [2.45, 2.75) is 18.9 Å². The van der Waals surface area contributed by atoms with Crippen molar-refractivity contribution in [3.8, 4) is 5.75 Å². The van der Waals surface area contributed by atoms with E-state index in [1.165, 1.54) is 0 Å². The normalized spacial score (nSPS) is 26.7. The molecular formula is C14H21N3O2. The molecule has 5 nitrogen and oxygen atoms in total. The van der Waals surface area contributed by atoms with E-state index in [4.69, 9.17) is 10.5 Å². The topological polar surface area (TPSA) is 76.4 Å². The van der Waals surface area contributed by atoms with Gasteiger partial charge in [-0.15, -0.1) is 0 Å². The van der Waals surface area contributed by atoms with E-state index in [1.807, 2.05) is 31.2 Å². The van der Waals surface area contributed by atoms with Crippen LogP contribution in [-0.2, 0) is 4.79 Å². The highest BCUT2D eigenvalue weighted by atomic mass is 16.5. The number of amides is 1. The van der Waals surface area contributed by atoms with E-state index in [-0.39, 0.29) is 11.8 Å². The number of nitrogens with one attached hydrogen (secondary N) is 2. The van der Waals surface area contributed by atoms with Crippen LogP contribution in [0.1, 0.15) is 13.3 Å². The van der Waals surface area contributed by atoms with Crippen LogP contribution in [-0.4, -0.2) is 31.6 Å². The van der Waals surface area contributed by atoms with E-state index >= 15 is 0 Å². The Hall–Kier alpha value is -1.75. The van der Waals surface area contributed by atoms with Gasteiger partial charge in [0.1, 0.15) is 11.3 Å². The molecule has 1 aromatic carbocycles. The molecule has 2 atom stereocenters. The number of nitrogens with two attached hydrogens (primary N) is 1. The lowest BCUT2D eigenvalue weighted by Crippen LogP contribution is -2.61. The molecule has 19 heavy (non-hydrogen) atoms. The molecule has 1 fully saturated rings. The summed E-state index contributed by atoms with van der Waals surface area (Å²) in [6.45, 7) is 3.61. The number of methoxy groups -OCH3 is 1. The van der Waals surface area contributed by atoms with Gasteiger partial charge < -0.3 is 21.1 Å². The van der Waals surface area contributed by atoms with Gasteiger partial charge in [0, 0.05) is 18.2 Å². The molecule has 0 aliphatic carbocycles. The summed E-state index contributed by atoms with van der Waals surface area (Å²) in [6, 6.07) is 7.53. The van der Waals surface area contributed by atoms with Crippen LogP contribution in [0.5, 0.6) is 5.75 Å². The van der Waals surface area contributed by atoms with Gasteiger partial charge in [-0.25, -0.2) is 0 Å². The van der Waals surface area contributed by atoms with Crippen molar-refractivity contribution in [2.24, 2.45) is 11.7 Å². The van der Waals surface area contributed by atoms with Crippen molar-refractivity contribution in [3.05, 3.63) is 24.3 Å². The van der Waals surface area contributed by atoms with Crippen LogP contribution in [0.4, 0.5) is 5.69 Å². The molecule has 1 saturated heterocycles. The Bertz CT molecular complexity index is 447. The van der Waals surface area contributed by atoms with Gasteiger partial charge in [-0.3, -0.25) is 4.79 Å². The summed E-state index contributed by atoms with van der Waals surface area (Å²) in [5.74, 6) is 0.634. The number of carbonyl (C=O) groups excluding carboxylic acids is 1. The van der Waals surface area contributed by atoms with Crippen molar-refractivity contribution in [2.75, 3.05) is 25.5 Å². The third-order valence-corrected chi connectivity index (χ3v) is 3.89. The molecule has 1 aromatic rings. The molecule has 2 rings (SSSR count). The number of piperidine rings is 1. The van der Waals surface area contributed by atoms with Crippen LogP contribution >= 0.6 is 0 Å². The van der Waals surface area contributed by atoms with Gasteiger partial charge >= 0.3 is 0 Å². The molecular weight excluding hydrogens is 242 g/mol. The third-order valence-electron chi connectivity index (χ3n) is 3.89. The summed E-state index contributed by atoms with van der Waals surface area (Å²) in [5.41, 5.74) is 5.84. The molecule has 1 aliphatic heterocycles. The Kier molecular flexibility index (Phi) is 3.95. The summed E-state index contributed by atoms with van der Waals surface area (Å²) in [5, 5.41) is 6.61. The van der Waals surface area contributed by atoms with E-state index in [9.17, 15) is 4.79 Å². The molecule has 0 radical (unpaired) electrons. The van der Waals surface area contributed by atoms with Crippen molar-refractivity contribution in [1.82, 2.24) is 5.32 Å².